The van der Waals surface area contributed by atoms with Gasteiger partial charge < -0.3 is 29.2 Å². The number of aromatic nitrogens is 1. The first kappa shape index (κ1) is 27.0. The number of Topliss-reactive ketones (excluding diaryl/α,β-unsaturated/α-hetero) is 1. The molecule has 11 nitrogen and oxygen atoms in total. The zero-order valence-electron chi connectivity index (χ0n) is 21.9. The molecule has 2 N–H and O–H groups in total. The van der Waals surface area contributed by atoms with E-state index in [2.05, 4.69) is 4.98 Å². The standard InChI is InChI=1S/C28H26N2O9S/c1-4-36-19-12-15(6-8-17(19)31)22-21(23(32)16-7-9-18-20(13-16)39-11-10-38-18)24(33)26(34)30(22)28-29-14(3)25(40-28)27(35)37-5-2/h6-9,12-13,22,31-32H,4-5,10-11H2,1-3H3. The molecule has 1 unspecified atom stereocenters. The van der Waals surface area contributed by atoms with E-state index in [1.165, 1.54) is 24.3 Å². The molecule has 3 heterocycles. The smallest absolute Gasteiger partial charge is 0.350 e. The molecule has 0 radical (unpaired) electrons. The number of aryl methyl sites for hydroxylation is 1. The minimum atomic E-state index is -1.16. The highest BCUT2D eigenvalue weighted by Crippen LogP contribution is 2.46. The summed E-state index contributed by atoms with van der Waals surface area (Å²) in [6.07, 6.45) is 0. The number of benzene rings is 2. The molecule has 0 bridgehead atoms. The molecule has 1 amide bonds. The molecule has 40 heavy (non-hydrogen) atoms. The van der Waals surface area contributed by atoms with Crippen LogP contribution in [0.5, 0.6) is 23.0 Å². The highest BCUT2D eigenvalue weighted by atomic mass is 32.1. The predicted octanol–water partition coefficient (Wildman–Crippen LogP) is 4.13. The average Bonchev–Trinajstić information content (AvgIpc) is 3.46. The van der Waals surface area contributed by atoms with Crippen LogP contribution in [-0.2, 0) is 14.3 Å². The van der Waals surface area contributed by atoms with E-state index < -0.39 is 29.5 Å². The first-order valence-corrected chi connectivity index (χ1v) is 13.4. The number of aromatic hydroxyl groups is 1. The monoisotopic (exact) mass is 566 g/mol. The normalized spacial score (nSPS) is 17.7. The maximum atomic E-state index is 13.5. The van der Waals surface area contributed by atoms with E-state index in [0.29, 0.717) is 36.0 Å². The summed E-state index contributed by atoms with van der Waals surface area (Å²) in [7, 11) is 0. The van der Waals surface area contributed by atoms with Gasteiger partial charge >= 0.3 is 11.9 Å². The van der Waals surface area contributed by atoms with Gasteiger partial charge in [-0.15, -0.1) is 0 Å². The van der Waals surface area contributed by atoms with E-state index >= 15 is 0 Å². The second-order valence-electron chi connectivity index (χ2n) is 8.82. The van der Waals surface area contributed by atoms with Crippen molar-refractivity contribution in [3.63, 3.8) is 0 Å². The molecule has 0 spiro atoms. The molecule has 2 aliphatic heterocycles. The van der Waals surface area contributed by atoms with Crippen LogP contribution in [-0.4, -0.2) is 59.3 Å². The number of nitrogens with zero attached hydrogens (tertiary/aromatic N) is 2. The van der Waals surface area contributed by atoms with E-state index in [-0.39, 0.29) is 45.9 Å². The van der Waals surface area contributed by atoms with Crippen molar-refractivity contribution >= 4 is 39.9 Å². The van der Waals surface area contributed by atoms with Gasteiger partial charge in [-0.05, 0) is 56.7 Å². The molecule has 1 saturated heterocycles. The number of phenols is 1. The van der Waals surface area contributed by atoms with E-state index in [1.807, 2.05) is 0 Å². The van der Waals surface area contributed by atoms with Crippen LogP contribution in [0.15, 0.2) is 42.0 Å². The topological polar surface area (TPSA) is 145 Å². The van der Waals surface area contributed by atoms with Crippen molar-refractivity contribution in [1.82, 2.24) is 4.98 Å². The number of carbonyl (C=O) groups excluding carboxylic acids is 3. The minimum Gasteiger partial charge on any atom is -0.507 e. The summed E-state index contributed by atoms with van der Waals surface area (Å²) in [6.45, 7) is 6.12. The number of hydrogen-bond donors (Lipinski definition) is 2. The average molecular weight is 567 g/mol. The van der Waals surface area contributed by atoms with Gasteiger partial charge in [-0.25, -0.2) is 9.78 Å². The Kier molecular flexibility index (Phi) is 7.35. The zero-order chi connectivity index (χ0) is 28.6. The lowest BCUT2D eigenvalue weighted by Crippen LogP contribution is -2.29. The van der Waals surface area contributed by atoms with Crippen LogP contribution in [0.2, 0.25) is 0 Å². The van der Waals surface area contributed by atoms with Crippen molar-refractivity contribution in [3.05, 3.63) is 63.7 Å². The summed E-state index contributed by atoms with van der Waals surface area (Å²) in [4.78, 5) is 45.2. The molecule has 0 saturated carbocycles. The lowest BCUT2D eigenvalue weighted by Gasteiger charge is -2.24. The maximum Gasteiger partial charge on any atom is 0.350 e. The molecular weight excluding hydrogens is 540 g/mol. The fourth-order valence-corrected chi connectivity index (χ4v) is 5.52. The zero-order valence-corrected chi connectivity index (χ0v) is 22.7. The van der Waals surface area contributed by atoms with E-state index in [9.17, 15) is 24.6 Å². The van der Waals surface area contributed by atoms with Crippen LogP contribution in [0.3, 0.4) is 0 Å². The number of carbonyl (C=O) groups is 3. The van der Waals surface area contributed by atoms with Crippen LogP contribution in [0.1, 0.15) is 46.4 Å². The molecule has 1 aromatic heterocycles. The van der Waals surface area contributed by atoms with Crippen molar-refractivity contribution < 1.29 is 43.5 Å². The summed E-state index contributed by atoms with van der Waals surface area (Å²) >= 11 is 0.901. The molecule has 2 aromatic carbocycles. The fraction of sp³-hybridized carbons (Fsp3) is 0.286. The van der Waals surface area contributed by atoms with Crippen molar-refractivity contribution in [1.29, 1.82) is 0 Å². The molecular formula is C28H26N2O9S. The summed E-state index contributed by atoms with van der Waals surface area (Å²) in [5, 5.41) is 21.8. The van der Waals surface area contributed by atoms with Crippen LogP contribution < -0.4 is 19.1 Å². The van der Waals surface area contributed by atoms with Crippen LogP contribution in [0, 0.1) is 6.92 Å². The molecule has 5 rings (SSSR count). The van der Waals surface area contributed by atoms with Crippen LogP contribution in [0.4, 0.5) is 5.13 Å². The van der Waals surface area contributed by atoms with Crippen molar-refractivity contribution in [2.45, 2.75) is 26.8 Å². The van der Waals surface area contributed by atoms with Gasteiger partial charge in [0.05, 0.1) is 30.5 Å². The Balaban J connectivity index is 1.69. The number of phenolic OH excluding ortho intramolecular Hbond substituents is 1. The summed E-state index contributed by atoms with van der Waals surface area (Å²) in [6, 6.07) is 7.93. The minimum absolute atomic E-state index is 0.0694. The predicted molar refractivity (Wildman–Crippen MR) is 144 cm³/mol. The van der Waals surface area contributed by atoms with E-state index in [0.717, 1.165) is 16.2 Å². The Morgan fingerprint density at radius 3 is 2.58 bits per heavy atom. The van der Waals surface area contributed by atoms with Gasteiger partial charge in [0.15, 0.2) is 28.1 Å². The number of ether oxygens (including phenoxy) is 4. The lowest BCUT2D eigenvalue weighted by atomic mass is 9.95. The number of esters is 1. The number of amides is 1. The van der Waals surface area contributed by atoms with Gasteiger partial charge in [0, 0.05) is 5.56 Å². The number of hydrogen-bond acceptors (Lipinski definition) is 11. The molecule has 208 valence electrons. The quantitative estimate of drug-likeness (QED) is 0.185. The Morgan fingerprint density at radius 1 is 1.10 bits per heavy atom. The number of aliphatic hydroxyl groups is 1. The highest BCUT2D eigenvalue weighted by Gasteiger charge is 2.48. The van der Waals surface area contributed by atoms with Gasteiger partial charge in [-0.2, -0.15) is 0 Å². The third-order valence-electron chi connectivity index (χ3n) is 6.31. The number of anilines is 1. The second-order valence-corrected chi connectivity index (χ2v) is 9.80. The third-order valence-corrected chi connectivity index (χ3v) is 7.45. The highest BCUT2D eigenvalue weighted by molar-refractivity contribution is 7.17. The number of aliphatic hydroxyl groups excluding tert-OH is 1. The van der Waals surface area contributed by atoms with E-state index in [1.54, 1.807) is 32.9 Å². The fourth-order valence-electron chi connectivity index (χ4n) is 4.53. The van der Waals surface area contributed by atoms with Crippen LogP contribution in [0.25, 0.3) is 5.76 Å². The van der Waals surface area contributed by atoms with Gasteiger partial charge in [0.1, 0.15) is 23.9 Å². The molecule has 1 fully saturated rings. The summed E-state index contributed by atoms with van der Waals surface area (Å²) < 4.78 is 21.8. The Labute approximate surface area is 233 Å². The Morgan fingerprint density at radius 2 is 1.85 bits per heavy atom. The molecule has 3 aromatic rings. The largest absolute Gasteiger partial charge is 0.507 e. The first-order chi connectivity index (χ1) is 19.2. The Bertz CT molecular complexity index is 1540. The van der Waals surface area contributed by atoms with Crippen molar-refractivity contribution in [2.75, 3.05) is 31.3 Å². The Hall–Kier alpha value is -4.58. The van der Waals surface area contributed by atoms with Gasteiger partial charge in [0.2, 0.25) is 0 Å². The van der Waals surface area contributed by atoms with Crippen molar-refractivity contribution in [3.8, 4) is 23.0 Å². The second kappa shape index (κ2) is 10.9. The molecule has 12 heteroatoms. The first-order valence-electron chi connectivity index (χ1n) is 12.6. The number of rotatable bonds is 7. The van der Waals surface area contributed by atoms with Crippen LogP contribution >= 0.6 is 11.3 Å². The summed E-state index contributed by atoms with van der Waals surface area (Å²) in [5.41, 5.74) is 0.718. The third kappa shape index (κ3) is 4.70. The van der Waals surface area contributed by atoms with Gasteiger partial charge in [-0.1, -0.05) is 17.4 Å². The molecule has 2 aliphatic rings. The SMILES string of the molecule is CCOC(=O)c1sc(N2C(=O)C(=O)C(=C(O)c3ccc4c(c3)OCCO4)C2c2ccc(O)c(OCC)c2)nc1C. The number of ketones is 1. The van der Waals surface area contributed by atoms with E-state index in [4.69, 9.17) is 18.9 Å². The lowest BCUT2D eigenvalue weighted by molar-refractivity contribution is -0.132. The maximum absolute atomic E-state index is 13.5. The number of fused-ring (bicyclic) bond motifs is 1. The molecule has 1 atom stereocenters. The van der Waals surface area contributed by atoms with Crippen molar-refractivity contribution in [2.24, 2.45) is 0 Å². The number of thiazole rings is 1. The molecule has 0 aliphatic carbocycles. The summed E-state index contributed by atoms with van der Waals surface area (Å²) in [5.74, 6) is -2.06. The van der Waals surface area contributed by atoms with Gasteiger partial charge in [-0.3, -0.25) is 14.5 Å². The van der Waals surface area contributed by atoms with Gasteiger partial charge in [0.25, 0.3) is 5.78 Å².